The lowest BCUT2D eigenvalue weighted by molar-refractivity contribution is -0.131. The number of rotatable bonds is 5. The van der Waals surface area contributed by atoms with Gasteiger partial charge in [-0.1, -0.05) is 29.3 Å². The van der Waals surface area contributed by atoms with Crippen molar-refractivity contribution in [3.05, 3.63) is 56.2 Å². The molecule has 0 atom stereocenters. The van der Waals surface area contributed by atoms with Crippen LogP contribution < -0.4 is 4.74 Å². The minimum atomic E-state index is -0.975. The molecule has 1 aromatic carbocycles. The van der Waals surface area contributed by atoms with Crippen molar-refractivity contribution < 1.29 is 14.6 Å². The van der Waals surface area contributed by atoms with Crippen molar-refractivity contribution in [2.24, 2.45) is 0 Å². The summed E-state index contributed by atoms with van der Waals surface area (Å²) in [5.74, 6) is -0.524. The molecule has 0 spiro atoms. The van der Waals surface area contributed by atoms with Gasteiger partial charge in [-0.15, -0.1) is 11.3 Å². The Balaban J connectivity index is 2.03. The Morgan fingerprint density at radius 3 is 2.70 bits per heavy atom. The normalized spacial score (nSPS) is 10.9. The van der Waals surface area contributed by atoms with Gasteiger partial charge in [-0.2, -0.15) is 0 Å². The molecule has 0 unspecified atom stereocenters. The quantitative estimate of drug-likeness (QED) is 0.807. The second kappa shape index (κ2) is 6.79. The zero-order chi connectivity index (χ0) is 14.5. The highest BCUT2D eigenvalue weighted by Gasteiger charge is 2.07. The highest BCUT2D eigenvalue weighted by molar-refractivity contribution is 7.10. The third-order valence-electron chi connectivity index (χ3n) is 2.37. The number of ether oxygens (including phenoxy) is 1. The smallest absolute Gasteiger partial charge is 0.328 e. The van der Waals surface area contributed by atoms with Gasteiger partial charge in [0, 0.05) is 11.0 Å². The summed E-state index contributed by atoms with van der Waals surface area (Å²) in [5, 5.41) is 11.3. The predicted octanol–water partition coefficient (Wildman–Crippen LogP) is 4.73. The van der Waals surface area contributed by atoms with Crippen molar-refractivity contribution in [2.75, 3.05) is 0 Å². The van der Waals surface area contributed by atoms with E-state index in [1.807, 2.05) is 11.4 Å². The number of hydrogen-bond donors (Lipinski definition) is 1. The molecule has 0 amide bonds. The van der Waals surface area contributed by atoms with Crippen molar-refractivity contribution in [1.82, 2.24) is 0 Å². The topological polar surface area (TPSA) is 46.5 Å². The lowest BCUT2D eigenvalue weighted by atomic mass is 10.3. The van der Waals surface area contributed by atoms with E-state index < -0.39 is 5.97 Å². The average molecular weight is 329 g/mol. The minimum absolute atomic E-state index is 0.328. The molecule has 104 valence electrons. The van der Waals surface area contributed by atoms with Crippen LogP contribution in [0.25, 0.3) is 6.08 Å². The van der Waals surface area contributed by atoms with E-state index >= 15 is 0 Å². The number of carboxylic acids is 1. The number of carbonyl (C=O) groups is 1. The molecule has 0 fully saturated rings. The molecule has 2 rings (SSSR count). The Morgan fingerprint density at radius 2 is 2.05 bits per heavy atom. The van der Waals surface area contributed by atoms with Crippen molar-refractivity contribution in [3.63, 3.8) is 0 Å². The highest BCUT2D eigenvalue weighted by atomic mass is 35.5. The largest absolute Gasteiger partial charge is 0.485 e. The van der Waals surface area contributed by atoms with E-state index in [2.05, 4.69) is 0 Å². The first-order valence-electron chi connectivity index (χ1n) is 5.61. The lowest BCUT2D eigenvalue weighted by Crippen LogP contribution is -1.94. The summed E-state index contributed by atoms with van der Waals surface area (Å²) in [7, 11) is 0. The number of aliphatic carboxylic acids is 1. The molecule has 0 aliphatic heterocycles. The van der Waals surface area contributed by atoms with E-state index in [1.165, 1.54) is 17.4 Å². The van der Waals surface area contributed by atoms with Gasteiger partial charge in [-0.3, -0.25) is 0 Å². The number of para-hydroxylation sites is 1. The fourth-order valence-electron chi connectivity index (χ4n) is 1.49. The van der Waals surface area contributed by atoms with Gasteiger partial charge in [0.2, 0.25) is 0 Å². The highest BCUT2D eigenvalue weighted by Crippen LogP contribution is 2.33. The molecule has 0 radical (unpaired) electrons. The number of carboxylic acid groups (broad SMARTS) is 1. The first kappa shape index (κ1) is 14.9. The van der Waals surface area contributed by atoms with Crippen LogP contribution in [0.5, 0.6) is 5.75 Å². The van der Waals surface area contributed by atoms with Gasteiger partial charge < -0.3 is 9.84 Å². The van der Waals surface area contributed by atoms with Crippen molar-refractivity contribution in [2.45, 2.75) is 6.61 Å². The summed E-state index contributed by atoms with van der Waals surface area (Å²) in [5.41, 5.74) is 0.821. The molecule has 2 aromatic rings. The molecule has 0 saturated carbocycles. The Hall–Kier alpha value is -1.49. The van der Waals surface area contributed by atoms with Crippen LogP contribution in [0, 0.1) is 0 Å². The predicted molar refractivity (Wildman–Crippen MR) is 81.8 cm³/mol. The molecule has 0 aliphatic carbocycles. The van der Waals surface area contributed by atoms with E-state index in [0.717, 1.165) is 16.5 Å². The summed E-state index contributed by atoms with van der Waals surface area (Å²) in [6.07, 6.45) is 2.63. The zero-order valence-electron chi connectivity index (χ0n) is 10.2. The fourth-order valence-corrected chi connectivity index (χ4v) is 2.76. The van der Waals surface area contributed by atoms with Gasteiger partial charge in [0.15, 0.2) is 5.75 Å². The van der Waals surface area contributed by atoms with E-state index in [9.17, 15) is 4.79 Å². The summed E-state index contributed by atoms with van der Waals surface area (Å²) in [6, 6.07) is 7.02. The summed E-state index contributed by atoms with van der Waals surface area (Å²) < 4.78 is 5.60. The lowest BCUT2D eigenvalue weighted by Gasteiger charge is -2.08. The maximum atomic E-state index is 10.4. The Bertz CT molecular complexity index is 629. The zero-order valence-corrected chi connectivity index (χ0v) is 12.5. The van der Waals surface area contributed by atoms with Crippen LogP contribution in [-0.2, 0) is 11.4 Å². The maximum Gasteiger partial charge on any atom is 0.328 e. The molecule has 3 nitrogen and oxygen atoms in total. The van der Waals surface area contributed by atoms with Crippen LogP contribution in [0.2, 0.25) is 10.0 Å². The fraction of sp³-hybridized carbons (Fsp3) is 0.0714. The molecule has 0 aliphatic rings. The van der Waals surface area contributed by atoms with Crippen LogP contribution in [-0.4, -0.2) is 11.1 Å². The second-order valence-electron chi connectivity index (χ2n) is 3.86. The van der Waals surface area contributed by atoms with Gasteiger partial charge in [0.25, 0.3) is 0 Å². The SMILES string of the molecule is O=C(O)C=Cc1csc(COc2c(Cl)cccc2Cl)c1. The van der Waals surface area contributed by atoms with Gasteiger partial charge in [0.05, 0.1) is 10.0 Å². The van der Waals surface area contributed by atoms with Crippen molar-refractivity contribution in [3.8, 4) is 5.75 Å². The summed E-state index contributed by atoms with van der Waals surface area (Å²) >= 11 is 13.5. The molecule has 20 heavy (non-hydrogen) atoms. The molecular formula is C14H10Cl2O3S. The molecule has 0 saturated heterocycles. The Labute approximate surface area is 130 Å². The minimum Gasteiger partial charge on any atom is -0.485 e. The molecule has 0 bridgehead atoms. The Kier molecular flexibility index (Phi) is 5.06. The van der Waals surface area contributed by atoms with E-state index in [0.29, 0.717) is 22.4 Å². The van der Waals surface area contributed by atoms with E-state index in [-0.39, 0.29) is 0 Å². The third-order valence-corrected chi connectivity index (χ3v) is 3.89. The monoisotopic (exact) mass is 328 g/mol. The molecule has 6 heteroatoms. The van der Waals surface area contributed by atoms with Gasteiger partial charge in [-0.25, -0.2) is 4.79 Å². The van der Waals surface area contributed by atoms with Gasteiger partial charge in [0.1, 0.15) is 6.61 Å². The first-order chi connectivity index (χ1) is 9.56. The number of halogens is 2. The molecule has 1 aromatic heterocycles. The van der Waals surface area contributed by atoms with Gasteiger partial charge >= 0.3 is 5.97 Å². The third kappa shape index (κ3) is 4.00. The van der Waals surface area contributed by atoms with E-state index in [1.54, 1.807) is 18.2 Å². The van der Waals surface area contributed by atoms with Gasteiger partial charge in [-0.05, 0) is 35.2 Å². The summed E-state index contributed by atoms with van der Waals surface area (Å²) in [4.78, 5) is 11.4. The summed E-state index contributed by atoms with van der Waals surface area (Å²) in [6.45, 7) is 0.328. The van der Waals surface area contributed by atoms with Crippen LogP contribution in [0.4, 0.5) is 0 Å². The number of hydrogen-bond acceptors (Lipinski definition) is 3. The van der Waals surface area contributed by atoms with Crippen molar-refractivity contribution in [1.29, 1.82) is 0 Å². The van der Waals surface area contributed by atoms with Crippen LogP contribution in [0.15, 0.2) is 35.7 Å². The van der Waals surface area contributed by atoms with Crippen molar-refractivity contribution >= 4 is 46.6 Å². The average Bonchev–Trinajstić information content (AvgIpc) is 2.84. The van der Waals surface area contributed by atoms with E-state index in [4.69, 9.17) is 33.0 Å². The van der Waals surface area contributed by atoms with Crippen LogP contribution in [0.3, 0.4) is 0 Å². The molecule has 1 N–H and O–H groups in total. The number of benzene rings is 1. The van der Waals surface area contributed by atoms with Crippen LogP contribution in [0.1, 0.15) is 10.4 Å². The maximum absolute atomic E-state index is 10.4. The van der Waals surface area contributed by atoms with Crippen LogP contribution >= 0.6 is 34.5 Å². The molecule has 1 heterocycles. The second-order valence-corrected chi connectivity index (χ2v) is 5.67. The first-order valence-corrected chi connectivity index (χ1v) is 7.25. The number of thiophene rings is 1. The molecular weight excluding hydrogens is 319 g/mol. The Morgan fingerprint density at radius 1 is 1.35 bits per heavy atom. The standard InChI is InChI=1S/C14H10Cl2O3S/c15-11-2-1-3-12(16)14(11)19-7-10-6-9(8-20-10)4-5-13(17)18/h1-6,8H,7H2,(H,17,18).